The number of carbonyl (C=O) groups excluding carboxylic acids is 1. The largest absolute Gasteiger partial charge is 0.460 e. The van der Waals surface area contributed by atoms with Crippen LogP contribution in [0.3, 0.4) is 0 Å². The first-order valence-electron chi connectivity index (χ1n) is 5.72. The Labute approximate surface area is 110 Å². The van der Waals surface area contributed by atoms with E-state index < -0.39 is 11.2 Å². The molecule has 0 atom stereocenters. The van der Waals surface area contributed by atoms with Crippen LogP contribution >= 0.6 is 0 Å². The highest BCUT2D eigenvalue weighted by molar-refractivity contribution is 5.72. The topological polar surface area (TPSA) is 113 Å². The highest BCUT2D eigenvalue weighted by Crippen LogP contribution is 2.08. The molecular formula is C12H18N4O3. The van der Waals surface area contributed by atoms with E-state index in [-0.39, 0.29) is 18.3 Å². The number of nitrogen functional groups attached to an aromatic ring is 2. The van der Waals surface area contributed by atoms with Crippen molar-refractivity contribution in [1.29, 1.82) is 0 Å². The summed E-state index contributed by atoms with van der Waals surface area (Å²) in [5, 5.41) is 0. The second kappa shape index (κ2) is 5.55. The van der Waals surface area contributed by atoms with Crippen molar-refractivity contribution in [3.05, 3.63) is 28.2 Å². The lowest BCUT2D eigenvalue weighted by atomic mass is 10.2. The van der Waals surface area contributed by atoms with Gasteiger partial charge in [-0.2, -0.15) is 4.68 Å². The standard InChI is InChI=1S/C12H18N4O3/c1-12(2,3)19-10(18)6-4-5-8-7-9(17)16(14)11(13)15-8/h4-5,7H,6,14H2,1-3H3,(H2,13,15)/b5-4+. The van der Waals surface area contributed by atoms with Crippen LogP contribution in [-0.4, -0.2) is 21.2 Å². The van der Waals surface area contributed by atoms with Crippen molar-refractivity contribution < 1.29 is 9.53 Å². The summed E-state index contributed by atoms with van der Waals surface area (Å²) in [6.07, 6.45) is 3.16. The number of rotatable bonds is 3. The fourth-order valence-corrected chi connectivity index (χ4v) is 1.27. The Bertz CT molecular complexity index is 555. The number of nitrogens with zero attached hydrogens (tertiary/aromatic N) is 2. The number of anilines is 1. The first kappa shape index (κ1) is 14.7. The van der Waals surface area contributed by atoms with E-state index in [0.29, 0.717) is 5.69 Å². The first-order valence-corrected chi connectivity index (χ1v) is 5.72. The molecule has 0 aliphatic rings. The molecule has 0 aliphatic carbocycles. The molecule has 0 fully saturated rings. The molecule has 1 heterocycles. The average molecular weight is 266 g/mol. The van der Waals surface area contributed by atoms with Gasteiger partial charge in [0.2, 0.25) is 5.95 Å². The Morgan fingerprint density at radius 1 is 1.53 bits per heavy atom. The molecule has 1 aromatic heterocycles. The SMILES string of the molecule is CC(C)(C)OC(=O)C/C=C/c1cc(=O)n(N)c(N)n1. The van der Waals surface area contributed by atoms with E-state index in [1.807, 2.05) is 0 Å². The summed E-state index contributed by atoms with van der Waals surface area (Å²) in [5.41, 5.74) is 4.79. The second-order valence-corrected chi connectivity index (χ2v) is 4.94. The Kier molecular flexibility index (Phi) is 4.31. The number of aromatic nitrogens is 2. The number of hydrogen-bond donors (Lipinski definition) is 2. The third-order valence-electron chi connectivity index (χ3n) is 1.99. The van der Waals surface area contributed by atoms with Gasteiger partial charge in [-0.25, -0.2) is 4.98 Å². The zero-order valence-corrected chi connectivity index (χ0v) is 11.2. The van der Waals surface area contributed by atoms with E-state index in [0.717, 1.165) is 4.68 Å². The van der Waals surface area contributed by atoms with Gasteiger partial charge in [0.15, 0.2) is 0 Å². The zero-order chi connectivity index (χ0) is 14.6. The fourth-order valence-electron chi connectivity index (χ4n) is 1.27. The maximum Gasteiger partial charge on any atom is 0.310 e. The predicted octanol–water partition coefficient (Wildman–Crippen LogP) is 0.284. The van der Waals surface area contributed by atoms with Gasteiger partial charge in [-0.15, -0.1) is 0 Å². The molecule has 1 rings (SSSR count). The minimum Gasteiger partial charge on any atom is -0.460 e. The summed E-state index contributed by atoms with van der Waals surface area (Å²) >= 11 is 0. The van der Waals surface area contributed by atoms with Gasteiger partial charge < -0.3 is 16.3 Å². The molecule has 19 heavy (non-hydrogen) atoms. The molecule has 0 saturated heterocycles. The van der Waals surface area contributed by atoms with Gasteiger partial charge in [-0.3, -0.25) is 9.59 Å². The van der Waals surface area contributed by atoms with Gasteiger partial charge in [0.1, 0.15) is 5.60 Å². The van der Waals surface area contributed by atoms with Crippen LogP contribution in [0, 0.1) is 0 Å². The minimum absolute atomic E-state index is 0.0879. The smallest absolute Gasteiger partial charge is 0.310 e. The van der Waals surface area contributed by atoms with Crippen molar-refractivity contribution in [3.63, 3.8) is 0 Å². The molecule has 0 aromatic carbocycles. The molecule has 0 aliphatic heterocycles. The van der Waals surface area contributed by atoms with Crippen LogP contribution in [-0.2, 0) is 9.53 Å². The van der Waals surface area contributed by atoms with Gasteiger partial charge >= 0.3 is 5.97 Å². The van der Waals surface area contributed by atoms with Crippen molar-refractivity contribution in [3.8, 4) is 0 Å². The summed E-state index contributed by atoms with van der Waals surface area (Å²) < 4.78 is 5.86. The Balaban J connectivity index is 2.68. The van der Waals surface area contributed by atoms with Crippen LogP contribution in [0.2, 0.25) is 0 Å². The van der Waals surface area contributed by atoms with Crippen LogP contribution < -0.4 is 17.1 Å². The van der Waals surface area contributed by atoms with Gasteiger partial charge in [0, 0.05) is 6.07 Å². The summed E-state index contributed by atoms with van der Waals surface area (Å²) in [7, 11) is 0. The molecule has 0 amide bonds. The molecule has 1 aromatic rings. The summed E-state index contributed by atoms with van der Waals surface area (Å²) in [4.78, 5) is 26.7. The molecule has 7 heteroatoms. The second-order valence-electron chi connectivity index (χ2n) is 4.94. The van der Waals surface area contributed by atoms with E-state index in [9.17, 15) is 9.59 Å². The summed E-state index contributed by atoms with van der Waals surface area (Å²) in [6.45, 7) is 5.37. The average Bonchev–Trinajstić information content (AvgIpc) is 2.23. The van der Waals surface area contributed by atoms with Crippen LogP contribution in [0.25, 0.3) is 6.08 Å². The number of nitrogens with two attached hydrogens (primary N) is 2. The third-order valence-corrected chi connectivity index (χ3v) is 1.99. The van der Waals surface area contributed by atoms with Crippen LogP contribution in [0.4, 0.5) is 5.95 Å². The molecule has 0 unspecified atom stereocenters. The van der Waals surface area contributed by atoms with Crippen LogP contribution in [0.15, 0.2) is 16.9 Å². The number of ether oxygens (including phenoxy) is 1. The summed E-state index contributed by atoms with van der Waals surface area (Å²) in [5.74, 6) is 4.86. The van der Waals surface area contributed by atoms with E-state index in [1.165, 1.54) is 12.1 Å². The molecule has 0 spiro atoms. The lowest BCUT2D eigenvalue weighted by Crippen LogP contribution is -2.30. The number of hydrogen-bond acceptors (Lipinski definition) is 6. The molecular weight excluding hydrogens is 248 g/mol. The monoisotopic (exact) mass is 266 g/mol. The molecule has 0 bridgehead atoms. The molecule has 104 valence electrons. The van der Waals surface area contributed by atoms with E-state index >= 15 is 0 Å². The van der Waals surface area contributed by atoms with E-state index in [1.54, 1.807) is 26.8 Å². The van der Waals surface area contributed by atoms with E-state index in [4.69, 9.17) is 16.3 Å². The zero-order valence-electron chi connectivity index (χ0n) is 11.2. The van der Waals surface area contributed by atoms with Crippen molar-refractivity contribution in [2.24, 2.45) is 0 Å². The van der Waals surface area contributed by atoms with Gasteiger partial charge in [-0.05, 0) is 26.8 Å². The molecule has 4 N–H and O–H groups in total. The van der Waals surface area contributed by atoms with Crippen molar-refractivity contribution in [1.82, 2.24) is 9.66 Å². The van der Waals surface area contributed by atoms with Gasteiger partial charge in [-0.1, -0.05) is 6.08 Å². The van der Waals surface area contributed by atoms with E-state index in [2.05, 4.69) is 4.98 Å². The minimum atomic E-state index is -0.520. The predicted molar refractivity (Wildman–Crippen MR) is 72.6 cm³/mol. The summed E-state index contributed by atoms with van der Waals surface area (Å²) in [6, 6.07) is 1.22. The molecule has 0 radical (unpaired) electrons. The van der Waals surface area contributed by atoms with Crippen molar-refractivity contribution >= 4 is 18.0 Å². The molecule has 0 saturated carbocycles. The normalized spacial score (nSPS) is 11.7. The van der Waals surface area contributed by atoms with Crippen LogP contribution in [0.1, 0.15) is 32.9 Å². The lowest BCUT2D eigenvalue weighted by molar-refractivity contribution is -0.153. The fraction of sp³-hybridized carbons (Fsp3) is 0.417. The quantitative estimate of drug-likeness (QED) is 0.600. The highest BCUT2D eigenvalue weighted by atomic mass is 16.6. The van der Waals surface area contributed by atoms with Crippen molar-refractivity contribution in [2.75, 3.05) is 11.6 Å². The Hall–Kier alpha value is -2.31. The maximum atomic E-state index is 11.4. The van der Waals surface area contributed by atoms with Gasteiger partial charge in [0.25, 0.3) is 5.56 Å². The maximum absolute atomic E-state index is 11.4. The Morgan fingerprint density at radius 2 is 2.16 bits per heavy atom. The third kappa shape index (κ3) is 4.82. The number of carbonyl (C=O) groups is 1. The number of esters is 1. The highest BCUT2D eigenvalue weighted by Gasteiger charge is 2.14. The van der Waals surface area contributed by atoms with Gasteiger partial charge in [0.05, 0.1) is 12.1 Å². The Morgan fingerprint density at radius 3 is 2.68 bits per heavy atom. The molecule has 7 nitrogen and oxygen atoms in total. The van der Waals surface area contributed by atoms with Crippen molar-refractivity contribution in [2.45, 2.75) is 32.8 Å². The van der Waals surface area contributed by atoms with Crippen LogP contribution in [0.5, 0.6) is 0 Å². The lowest BCUT2D eigenvalue weighted by Gasteiger charge is -2.18. The first-order chi connectivity index (χ1) is 8.69.